The van der Waals surface area contributed by atoms with Crippen LogP contribution in [0.25, 0.3) is 0 Å². The predicted octanol–water partition coefficient (Wildman–Crippen LogP) is 5.29. The van der Waals surface area contributed by atoms with Gasteiger partial charge in [0, 0.05) is 84.7 Å². The third-order valence-corrected chi connectivity index (χ3v) is 20.1. The van der Waals surface area contributed by atoms with Crippen molar-refractivity contribution in [2.75, 3.05) is 146 Å². The molecule has 0 radical (unpaired) electrons. The van der Waals surface area contributed by atoms with Gasteiger partial charge in [-0.1, -0.05) is 96.8 Å². The molecule has 27 heteroatoms. The van der Waals surface area contributed by atoms with Crippen molar-refractivity contribution in [2.24, 2.45) is 29.6 Å². The molecule has 2 unspecified atom stereocenters. The average Bonchev–Trinajstić information content (AvgIpc) is 1.59. The van der Waals surface area contributed by atoms with Gasteiger partial charge in [0.25, 0.3) is 11.8 Å². The third-order valence-electron chi connectivity index (χ3n) is 20.1. The number of hydrogen-bond donors (Lipinski definition) is 4. The number of unbranched alkanes of at least 4 members (excludes halogenated alkanes) is 2. The van der Waals surface area contributed by atoms with Gasteiger partial charge in [0.1, 0.15) is 18.1 Å². The number of methoxy groups -OCH3 is 3. The summed E-state index contributed by atoms with van der Waals surface area (Å²) in [6.07, 6.45) is 6.74. The maximum absolute atomic E-state index is 15.0. The molecule has 4 N–H and O–H groups in total. The molecule has 2 saturated heterocycles. The molecule has 27 nitrogen and oxygen atoms in total. The number of likely N-dealkylation sites (tertiary alicyclic amines) is 2. The number of fused-ring (bicyclic) bond motifs is 2. The molecule has 0 spiro atoms. The van der Waals surface area contributed by atoms with Gasteiger partial charge in [-0.3, -0.25) is 48.1 Å². The molecule has 6 rings (SSSR count). The van der Waals surface area contributed by atoms with Crippen molar-refractivity contribution < 1.29 is 90.5 Å². The molecule has 12 atom stereocenters. The second-order valence-electron chi connectivity index (χ2n) is 27.4. The molecule has 0 aromatic heterocycles. The lowest BCUT2D eigenvalue weighted by Gasteiger charge is -2.41. The van der Waals surface area contributed by atoms with E-state index in [-0.39, 0.29) is 110 Å². The van der Waals surface area contributed by atoms with Gasteiger partial charge >= 0.3 is 0 Å². The molecule has 3 heterocycles. The van der Waals surface area contributed by atoms with Crippen molar-refractivity contribution in [3.05, 3.63) is 77.9 Å². The number of anilines is 1. The predicted molar refractivity (Wildman–Crippen MR) is 385 cm³/mol. The quantitative estimate of drug-likeness (QED) is 0.0483. The lowest BCUT2D eigenvalue weighted by Crippen LogP contribution is -2.60. The first kappa shape index (κ1) is 85.1. The van der Waals surface area contributed by atoms with Crippen LogP contribution in [-0.2, 0) is 103 Å². The van der Waals surface area contributed by atoms with Crippen molar-refractivity contribution in [2.45, 2.75) is 174 Å². The Bertz CT molecular complexity index is 2940. The number of imide groups is 1. The van der Waals surface area contributed by atoms with Crippen molar-refractivity contribution in [3.8, 4) is 0 Å². The number of rotatable bonds is 52. The number of ether oxygens (including phenoxy) is 10. The molecule has 2 aromatic rings. The Labute approximate surface area is 609 Å². The summed E-state index contributed by atoms with van der Waals surface area (Å²) in [5, 5.41) is 12.0. The van der Waals surface area contributed by atoms with Crippen LogP contribution in [0.1, 0.15) is 123 Å². The van der Waals surface area contributed by atoms with E-state index in [4.69, 9.17) is 47.4 Å². The molecule has 3 fully saturated rings. The molecule has 2 bridgehead atoms. The number of hydrogen-bond acceptors (Lipinski definition) is 19. The monoisotopic (exact) mass is 1450 g/mol. The number of amides is 9. The molecular weight excluding hydrogens is 1330 g/mol. The van der Waals surface area contributed by atoms with Gasteiger partial charge in [-0.25, -0.2) is 0 Å². The summed E-state index contributed by atoms with van der Waals surface area (Å²) in [4.78, 5) is 130. The Hall–Kier alpha value is -6.79. The summed E-state index contributed by atoms with van der Waals surface area (Å²) >= 11 is 0. The lowest BCUT2D eigenvalue weighted by atomic mass is 9.89. The molecule has 103 heavy (non-hydrogen) atoms. The van der Waals surface area contributed by atoms with Crippen LogP contribution in [0, 0.1) is 29.6 Å². The van der Waals surface area contributed by atoms with Crippen LogP contribution < -0.4 is 21.3 Å². The van der Waals surface area contributed by atoms with Gasteiger partial charge < -0.3 is 83.3 Å². The molecule has 4 aliphatic rings. The van der Waals surface area contributed by atoms with Crippen molar-refractivity contribution in [1.82, 2.24) is 35.6 Å². The molecule has 3 aliphatic heterocycles. The molecule has 1 saturated carbocycles. The van der Waals surface area contributed by atoms with Gasteiger partial charge in [-0.15, -0.1) is 0 Å². The fourth-order valence-corrected chi connectivity index (χ4v) is 14.2. The second-order valence-corrected chi connectivity index (χ2v) is 27.4. The van der Waals surface area contributed by atoms with E-state index < -0.39 is 60.1 Å². The summed E-state index contributed by atoms with van der Waals surface area (Å²) in [5.41, 5.74) is 2.11. The summed E-state index contributed by atoms with van der Waals surface area (Å²) in [6, 6.07) is 12.4. The first-order valence-corrected chi connectivity index (χ1v) is 37.1. The summed E-state index contributed by atoms with van der Waals surface area (Å²) in [7, 11) is 6.36. The number of carbonyl (C=O) groups is 9. The standard InChI is InChI=1S/C76H118N8O19/c1-11-53(4)70(81(7)76(93)69(52(2)3)80-75(92)71-59-27-28-61(54(59)5)84(71)67(88)31-34-97-37-38-99-41-42-101-45-46-103-48-47-102-44-43-100-40-39-98-36-35-94-8)63(95-9)50-68(89)82-33-18-21-62(82)72(96-10)55(6)73(90)79-60(49-56-19-14-12-15-20-56)74(91)78-58-25-23-57(24-26-58)51-77-64(85)22-16-13-17-32-83-65(86)29-30-66(83)87/h12,14-15,19-20,23-26,29-30,52-55,59-63,69-72H,11,13,16-18,21-22,27-28,31-51H2,1-10H3,(H,77,85)(H,78,91)(H,79,90)(H,80,92)/t53-,54-,55+,59?,60-,61?,62-,63+,69-,70-,71-,72+/m0/s1. The van der Waals surface area contributed by atoms with E-state index in [1.165, 1.54) is 31.3 Å². The lowest BCUT2D eigenvalue weighted by molar-refractivity contribution is -0.149. The highest BCUT2D eigenvalue weighted by atomic mass is 16.6. The highest BCUT2D eigenvalue weighted by molar-refractivity contribution is 6.12. The van der Waals surface area contributed by atoms with Gasteiger partial charge in [-0.2, -0.15) is 0 Å². The summed E-state index contributed by atoms with van der Waals surface area (Å²) < 4.78 is 56.2. The van der Waals surface area contributed by atoms with Crippen molar-refractivity contribution >= 4 is 58.9 Å². The summed E-state index contributed by atoms with van der Waals surface area (Å²) in [6.45, 7) is 18.9. The minimum atomic E-state index is -1.00. The smallest absolute Gasteiger partial charge is 0.253 e. The number of benzene rings is 2. The van der Waals surface area contributed by atoms with E-state index in [2.05, 4.69) is 28.2 Å². The van der Waals surface area contributed by atoms with E-state index in [1.807, 2.05) is 58.0 Å². The fourth-order valence-electron chi connectivity index (χ4n) is 14.2. The molecular formula is C76H118N8O19. The minimum absolute atomic E-state index is 0.0775. The maximum atomic E-state index is 15.0. The van der Waals surface area contributed by atoms with Gasteiger partial charge in [0.05, 0.1) is 142 Å². The fraction of sp³-hybridized carbons (Fsp3) is 0.697. The van der Waals surface area contributed by atoms with Crippen LogP contribution in [0.2, 0.25) is 0 Å². The highest BCUT2D eigenvalue weighted by Gasteiger charge is 2.56. The minimum Gasteiger partial charge on any atom is -0.382 e. The normalized spacial score (nSPS) is 19.9. The van der Waals surface area contributed by atoms with E-state index in [1.54, 1.807) is 60.0 Å². The topological polar surface area (TPSA) is 307 Å². The first-order chi connectivity index (χ1) is 49.7. The Kier molecular flexibility index (Phi) is 38.2. The second kappa shape index (κ2) is 46.2. The third kappa shape index (κ3) is 26.9. The number of carbonyl (C=O) groups excluding carboxylic acids is 9. The van der Waals surface area contributed by atoms with Crippen LogP contribution in [0.4, 0.5) is 5.69 Å². The van der Waals surface area contributed by atoms with E-state index >= 15 is 4.79 Å². The number of nitrogens with zero attached hydrogens (tertiary/aromatic N) is 4. The van der Waals surface area contributed by atoms with E-state index in [0.29, 0.717) is 150 Å². The maximum Gasteiger partial charge on any atom is 0.253 e. The van der Waals surface area contributed by atoms with Crippen molar-refractivity contribution in [3.63, 3.8) is 0 Å². The molecule has 9 amide bonds. The Morgan fingerprint density at radius 2 is 1.21 bits per heavy atom. The molecule has 2 aromatic carbocycles. The Morgan fingerprint density at radius 3 is 1.77 bits per heavy atom. The zero-order chi connectivity index (χ0) is 74.6. The van der Waals surface area contributed by atoms with Crippen LogP contribution >= 0.6 is 0 Å². The van der Waals surface area contributed by atoms with E-state index in [9.17, 15) is 38.4 Å². The molecule has 1 aliphatic carbocycles. The van der Waals surface area contributed by atoms with Gasteiger partial charge in [0.15, 0.2) is 0 Å². The largest absolute Gasteiger partial charge is 0.382 e. The van der Waals surface area contributed by atoms with Crippen LogP contribution in [0.5, 0.6) is 0 Å². The average molecular weight is 1450 g/mol. The Balaban J connectivity index is 0.958. The van der Waals surface area contributed by atoms with E-state index in [0.717, 1.165) is 24.0 Å². The van der Waals surface area contributed by atoms with Crippen LogP contribution in [0.15, 0.2) is 66.7 Å². The summed E-state index contributed by atoms with van der Waals surface area (Å²) in [5.74, 6) is -4.10. The van der Waals surface area contributed by atoms with Crippen LogP contribution in [0.3, 0.4) is 0 Å². The highest BCUT2D eigenvalue weighted by Crippen LogP contribution is 2.47. The zero-order valence-corrected chi connectivity index (χ0v) is 62.6. The molecule has 576 valence electrons. The van der Waals surface area contributed by atoms with Gasteiger partial charge in [-0.05, 0) is 85.5 Å². The number of piperidine rings is 1. The number of nitrogens with one attached hydrogen (secondary N) is 4. The van der Waals surface area contributed by atoms with Crippen molar-refractivity contribution in [1.29, 1.82) is 0 Å². The first-order valence-electron chi connectivity index (χ1n) is 37.1. The Morgan fingerprint density at radius 1 is 0.631 bits per heavy atom. The SMILES string of the molecule is CC[C@H](C)[C@@H]([C@@H](CC(=O)N1CCC[C@H]1[C@H](OC)[C@@H](C)C(=O)N[C@@H](Cc1ccccc1)C(=O)Nc1ccc(CNC(=O)CCCCCN2C(=O)C=CC2=O)cc1)OC)N(C)C(=O)[C@@H](NC(=O)[C@@H]1C2CCC([C@H]2C)N1C(=O)CCOCCOCCOCCOCCOCCOCCOCCOC)C(C)C. The zero-order valence-electron chi connectivity index (χ0n) is 62.6. The van der Waals surface area contributed by atoms with Gasteiger partial charge in [0.2, 0.25) is 41.4 Å². The van der Waals surface area contributed by atoms with Crippen LogP contribution in [-0.4, -0.2) is 262 Å². The number of likely N-dealkylation sites (N-methyl/N-ethyl adjacent to an activating group) is 1.